The lowest BCUT2D eigenvalue weighted by atomic mass is 9.91. The van der Waals surface area contributed by atoms with Gasteiger partial charge in [-0.2, -0.15) is 0 Å². The third-order valence-electron chi connectivity index (χ3n) is 6.35. The molecule has 0 aromatic carbocycles. The van der Waals surface area contributed by atoms with Crippen LogP contribution in [0.4, 0.5) is 10.7 Å². The largest absolute Gasteiger partial charge is 0.465 e. The minimum absolute atomic E-state index is 0.302. The third-order valence-corrected chi connectivity index (χ3v) is 6.35. The van der Waals surface area contributed by atoms with Crippen LogP contribution in [0.15, 0.2) is 36.8 Å². The van der Waals surface area contributed by atoms with Crippen molar-refractivity contribution in [3.8, 4) is 0 Å². The SMILES string of the molecule is CN(Cc1cn2c(N3CCN(C(=O)O)CC3)nccc2n1)C1CCCc2cccnc21. The number of aryl methyl sites for hydroxylation is 1. The Kier molecular flexibility index (Phi) is 5.19. The van der Waals surface area contributed by atoms with Gasteiger partial charge in [0.25, 0.3) is 0 Å². The Labute approximate surface area is 181 Å². The first-order chi connectivity index (χ1) is 15.1. The average molecular weight is 422 g/mol. The van der Waals surface area contributed by atoms with Crippen LogP contribution in [0.5, 0.6) is 0 Å². The number of anilines is 1. The first-order valence-electron chi connectivity index (χ1n) is 10.8. The molecule has 0 spiro atoms. The van der Waals surface area contributed by atoms with Crippen LogP contribution in [-0.4, -0.2) is 73.6 Å². The summed E-state index contributed by atoms with van der Waals surface area (Å²) in [6.45, 7) is 2.93. The standard InChI is InChI=1S/C22H27N7O2/c1-26(18-6-2-4-16-5-3-8-23-20(16)18)14-17-15-29-19(25-17)7-9-24-21(29)27-10-12-28(13-11-27)22(30)31/h3,5,7-9,15,18H,2,4,6,10-14H2,1H3,(H,30,31). The molecule has 1 aliphatic carbocycles. The van der Waals surface area contributed by atoms with Crippen molar-refractivity contribution >= 4 is 17.7 Å². The summed E-state index contributed by atoms with van der Waals surface area (Å²) in [4.78, 5) is 31.2. The van der Waals surface area contributed by atoms with E-state index in [1.807, 2.05) is 22.7 Å². The van der Waals surface area contributed by atoms with Crippen LogP contribution in [0.1, 0.15) is 35.8 Å². The Morgan fingerprint density at radius 1 is 1.19 bits per heavy atom. The van der Waals surface area contributed by atoms with Gasteiger partial charge < -0.3 is 14.9 Å². The predicted octanol–water partition coefficient (Wildman–Crippen LogP) is 2.43. The van der Waals surface area contributed by atoms with Crippen molar-refractivity contribution in [3.05, 3.63) is 53.7 Å². The molecule has 1 aliphatic heterocycles. The zero-order valence-electron chi connectivity index (χ0n) is 17.7. The molecule has 5 rings (SSSR count). The maximum absolute atomic E-state index is 11.2. The Morgan fingerprint density at radius 2 is 2.03 bits per heavy atom. The summed E-state index contributed by atoms with van der Waals surface area (Å²) in [7, 11) is 2.14. The minimum Gasteiger partial charge on any atom is -0.465 e. The average Bonchev–Trinajstić information content (AvgIpc) is 3.21. The van der Waals surface area contributed by atoms with Gasteiger partial charge in [0.1, 0.15) is 5.65 Å². The van der Waals surface area contributed by atoms with E-state index in [9.17, 15) is 9.90 Å². The second-order valence-electron chi connectivity index (χ2n) is 8.33. The van der Waals surface area contributed by atoms with Crippen molar-refractivity contribution in [1.82, 2.24) is 29.2 Å². The van der Waals surface area contributed by atoms with Crippen LogP contribution < -0.4 is 4.90 Å². The van der Waals surface area contributed by atoms with Crippen molar-refractivity contribution in [2.45, 2.75) is 31.8 Å². The maximum Gasteiger partial charge on any atom is 0.407 e. The molecule has 4 heterocycles. The Balaban J connectivity index is 1.35. The fraction of sp³-hybridized carbons (Fsp3) is 0.455. The van der Waals surface area contributed by atoms with E-state index in [4.69, 9.17) is 4.98 Å². The molecule has 1 saturated heterocycles. The predicted molar refractivity (Wildman–Crippen MR) is 116 cm³/mol. The Hall–Kier alpha value is -3.20. The van der Waals surface area contributed by atoms with Crippen molar-refractivity contribution in [2.24, 2.45) is 0 Å². The highest BCUT2D eigenvalue weighted by Gasteiger charge is 2.26. The topological polar surface area (TPSA) is 90.1 Å². The van der Waals surface area contributed by atoms with Crippen molar-refractivity contribution in [1.29, 1.82) is 0 Å². The second-order valence-corrected chi connectivity index (χ2v) is 8.33. The molecule has 162 valence electrons. The molecule has 1 amide bonds. The zero-order valence-corrected chi connectivity index (χ0v) is 17.7. The lowest BCUT2D eigenvalue weighted by molar-refractivity contribution is 0.142. The number of amides is 1. The molecule has 0 radical (unpaired) electrons. The number of imidazole rings is 1. The molecule has 1 fully saturated rings. The van der Waals surface area contributed by atoms with E-state index in [2.05, 4.69) is 39.1 Å². The molecule has 9 heteroatoms. The van der Waals surface area contributed by atoms with Gasteiger partial charge in [0, 0.05) is 51.3 Å². The van der Waals surface area contributed by atoms with Crippen LogP contribution in [0.25, 0.3) is 5.65 Å². The van der Waals surface area contributed by atoms with Gasteiger partial charge in [0.2, 0.25) is 5.95 Å². The summed E-state index contributed by atoms with van der Waals surface area (Å²) in [5.41, 5.74) is 4.39. The zero-order chi connectivity index (χ0) is 21.4. The fourth-order valence-corrected chi connectivity index (χ4v) is 4.74. The van der Waals surface area contributed by atoms with Gasteiger partial charge in [0.05, 0.1) is 17.4 Å². The molecule has 31 heavy (non-hydrogen) atoms. The molecule has 0 bridgehead atoms. The summed E-state index contributed by atoms with van der Waals surface area (Å²) in [6, 6.07) is 6.43. The van der Waals surface area contributed by atoms with Gasteiger partial charge >= 0.3 is 6.09 Å². The van der Waals surface area contributed by atoms with E-state index < -0.39 is 6.09 Å². The van der Waals surface area contributed by atoms with E-state index in [0.717, 1.165) is 36.7 Å². The van der Waals surface area contributed by atoms with Crippen LogP contribution in [0.3, 0.4) is 0 Å². The number of carboxylic acid groups (broad SMARTS) is 1. The van der Waals surface area contributed by atoms with Gasteiger partial charge in [-0.3, -0.25) is 14.3 Å². The highest BCUT2D eigenvalue weighted by Crippen LogP contribution is 2.32. The highest BCUT2D eigenvalue weighted by molar-refractivity contribution is 5.65. The number of hydrogen-bond donors (Lipinski definition) is 1. The molecule has 3 aromatic rings. The fourth-order valence-electron chi connectivity index (χ4n) is 4.74. The molecular formula is C22H27N7O2. The quantitative estimate of drug-likeness (QED) is 0.692. The maximum atomic E-state index is 11.2. The van der Waals surface area contributed by atoms with Crippen LogP contribution in [0, 0.1) is 0 Å². The van der Waals surface area contributed by atoms with E-state index in [1.165, 1.54) is 22.6 Å². The van der Waals surface area contributed by atoms with E-state index in [0.29, 0.717) is 32.2 Å². The number of pyridine rings is 1. The van der Waals surface area contributed by atoms with E-state index in [1.54, 1.807) is 6.20 Å². The molecular weight excluding hydrogens is 394 g/mol. The molecule has 1 atom stereocenters. The van der Waals surface area contributed by atoms with E-state index in [-0.39, 0.29) is 0 Å². The van der Waals surface area contributed by atoms with Crippen LogP contribution in [0.2, 0.25) is 0 Å². The van der Waals surface area contributed by atoms with Gasteiger partial charge in [-0.25, -0.2) is 14.8 Å². The number of hydrogen-bond acceptors (Lipinski definition) is 6. The van der Waals surface area contributed by atoms with E-state index >= 15 is 0 Å². The monoisotopic (exact) mass is 421 g/mol. The molecule has 0 saturated carbocycles. The smallest absolute Gasteiger partial charge is 0.407 e. The molecule has 9 nitrogen and oxygen atoms in total. The lowest BCUT2D eigenvalue weighted by Crippen LogP contribution is -2.49. The Morgan fingerprint density at radius 3 is 2.84 bits per heavy atom. The number of piperazine rings is 1. The van der Waals surface area contributed by atoms with Crippen LogP contribution in [-0.2, 0) is 13.0 Å². The summed E-state index contributed by atoms with van der Waals surface area (Å²) >= 11 is 0. The van der Waals surface area contributed by atoms with Gasteiger partial charge in [-0.1, -0.05) is 6.07 Å². The molecule has 1 N–H and O–H groups in total. The number of carbonyl (C=O) groups is 1. The first kappa shape index (κ1) is 19.7. The number of rotatable bonds is 4. The number of fused-ring (bicyclic) bond motifs is 2. The van der Waals surface area contributed by atoms with Crippen molar-refractivity contribution < 1.29 is 9.90 Å². The summed E-state index contributed by atoms with van der Waals surface area (Å²) in [5, 5.41) is 9.19. The first-order valence-corrected chi connectivity index (χ1v) is 10.8. The second kappa shape index (κ2) is 8.14. The van der Waals surface area contributed by atoms with Crippen LogP contribution >= 0.6 is 0 Å². The van der Waals surface area contributed by atoms with Gasteiger partial charge in [-0.05, 0) is 44.0 Å². The highest BCUT2D eigenvalue weighted by atomic mass is 16.4. The normalized spacial score (nSPS) is 19.1. The number of nitrogens with zero attached hydrogens (tertiary/aromatic N) is 7. The summed E-state index contributed by atoms with van der Waals surface area (Å²) in [6.07, 6.45) is 8.24. The number of aromatic nitrogens is 4. The van der Waals surface area contributed by atoms with Crippen molar-refractivity contribution in [3.63, 3.8) is 0 Å². The van der Waals surface area contributed by atoms with Crippen molar-refractivity contribution in [2.75, 3.05) is 38.1 Å². The van der Waals surface area contributed by atoms with Gasteiger partial charge in [-0.15, -0.1) is 0 Å². The molecule has 3 aromatic heterocycles. The lowest BCUT2D eigenvalue weighted by Gasteiger charge is -2.33. The Bertz CT molecular complexity index is 1090. The summed E-state index contributed by atoms with van der Waals surface area (Å²) < 4.78 is 2.02. The third kappa shape index (κ3) is 3.81. The van der Waals surface area contributed by atoms with Gasteiger partial charge in [0.15, 0.2) is 0 Å². The minimum atomic E-state index is -0.863. The molecule has 1 unspecified atom stereocenters. The molecule has 2 aliphatic rings. The summed E-state index contributed by atoms with van der Waals surface area (Å²) in [5.74, 6) is 0.814.